The van der Waals surface area contributed by atoms with Gasteiger partial charge in [0.05, 0.1) is 19.2 Å². The van der Waals surface area contributed by atoms with Crippen LogP contribution in [0.3, 0.4) is 0 Å². The minimum absolute atomic E-state index is 0. The Kier molecular flexibility index (Phi) is 9.99. The lowest BCUT2D eigenvalue weighted by Gasteiger charge is -2.35. The molecule has 1 aliphatic heterocycles. The molecule has 1 aromatic carbocycles. The number of carbonyl (C=O) groups is 1. The molecule has 0 saturated carbocycles. The molecule has 26 heavy (non-hydrogen) atoms. The predicted molar refractivity (Wildman–Crippen MR) is 109 cm³/mol. The van der Waals surface area contributed by atoms with Crippen LogP contribution in [0.25, 0.3) is 0 Å². The Labute approximate surface area is 164 Å². The van der Waals surface area contributed by atoms with Gasteiger partial charge >= 0.3 is 0 Å². The molecule has 5 nitrogen and oxygen atoms in total. The van der Waals surface area contributed by atoms with Gasteiger partial charge in [0.1, 0.15) is 5.75 Å². The largest absolute Gasteiger partial charge is 0.496 e. The van der Waals surface area contributed by atoms with Crippen LogP contribution >= 0.6 is 12.4 Å². The summed E-state index contributed by atoms with van der Waals surface area (Å²) < 4.78 is 5.40. The number of halogens is 1. The van der Waals surface area contributed by atoms with Gasteiger partial charge in [-0.15, -0.1) is 12.4 Å². The first-order chi connectivity index (χ1) is 12.1. The second kappa shape index (κ2) is 11.4. The molecule has 1 aliphatic rings. The zero-order valence-corrected chi connectivity index (χ0v) is 17.3. The van der Waals surface area contributed by atoms with E-state index in [4.69, 9.17) is 4.74 Å². The number of para-hydroxylation sites is 1. The van der Waals surface area contributed by atoms with E-state index >= 15 is 0 Å². The molecule has 1 aromatic rings. The van der Waals surface area contributed by atoms with Crippen molar-refractivity contribution in [3.63, 3.8) is 0 Å². The molecule has 6 heteroatoms. The van der Waals surface area contributed by atoms with E-state index in [0.717, 1.165) is 36.9 Å². The average Bonchev–Trinajstić information content (AvgIpc) is 2.66. The number of hydrogen-bond donors (Lipinski definition) is 2. The van der Waals surface area contributed by atoms with Crippen LogP contribution in [0.4, 0.5) is 0 Å². The minimum atomic E-state index is -0.0950. The zero-order valence-electron chi connectivity index (χ0n) is 16.5. The van der Waals surface area contributed by atoms with E-state index in [0.29, 0.717) is 0 Å². The molecule has 2 N–H and O–H groups in total. The van der Waals surface area contributed by atoms with Gasteiger partial charge in [0.25, 0.3) is 0 Å². The zero-order chi connectivity index (χ0) is 18.2. The van der Waals surface area contributed by atoms with Crippen molar-refractivity contribution < 1.29 is 9.53 Å². The quantitative estimate of drug-likeness (QED) is 0.724. The Morgan fingerprint density at radius 3 is 2.54 bits per heavy atom. The fourth-order valence-electron chi connectivity index (χ4n) is 3.58. The predicted octanol–water partition coefficient (Wildman–Crippen LogP) is 3.00. The fourth-order valence-corrected chi connectivity index (χ4v) is 3.58. The SMILES string of the molecule is CNCCC1CCN(C(C)C(=O)NC(C)c2ccccc2OC)CC1.Cl. The van der Waals surface area contributed by atoms with Crippen LogP contribution in [0.5, 0.6) is 5.75 Å². The van der Waals surface area contributed by atoms with Crippen LogP contribution in [0, 0.1) is 5.92 Å². The van der Waals surface area contributed by atoms with E-state index in [9.17, 15) is 4.79 Å². The molecule has 2 atom stereocenters. The van der Waals surface area contributed by atoms with Gasteiger partial charge in [-0.2, -0.15) is 0 Å². The summed E-state index contributed by atoms with van der Waals surface area (Å²) >= 11 is 0. The number of likely N-dealkylation sites (tertiary alicyclic amines) is 1. The Morgan fingerprint density at radius 2 is 1.92 bits per heavy atom. The van der Waals surface area contributed by atoms with E-state index in [1.807, 2.05) is 45.2 Å². The van der Waals surface area contributed by atoms with Crippen molar-refractivity contribution in [3.05, 3.63) is 29.8 Å². The summed E-state index contributed by atoms with van der Waals surface area (Å²) in [4.78, 5) is 15.0. The van der Waals surface area contributed by atoms with E-state index in [-0.39, 0.29) is 30.4 Å². The van der Waals surface area contributed by atoms with Crippen molar-refractivity contribution in [1.29, 1.82) is 0 Å². The fraction of sp³-hybridized carbons (Fsp3) is 0.650. The van der Waals surface area contributed by atoms with Gasteiger partial charge in [0.2, 0.25) is 5.91 Å². The number of ether oxygens (including phenoxy) is 1. The van der Waals surface area contributed by atoms with Gasteiger partial charge in [-0.05, 0) is 71.8 Å². The number of amides is 1. The summed E-state index contributed by atoms with van der Waals surface area (Å²) in [6.07, 6.45) is 3.60. The molecular formula is C20H34ClN3O2. The first kappa shape index (κ1) is 22.7. The minimum Gasteiger partial charge on any atom is -0.496 e. The molecule has 1 saturated heterocycles. The molecule has 0 radical (unpaired) electrons. The molecule has 0 spiro atoms. The Balaban J connectivity index is 0.00000338. The molecule has 2 rings (SSSR count). The first-order valence-corrected chi connectivity index (χ1v) is 9.38. The van der Waals surface area contributed by atoms with Crippen LogP contribution in [0.1, 0.15) is 44.7 Å². The van der Waals surface area contributed by atoms with Crippen molar-refractivity contribution in [1.82, 2.24) is 15.5 Å². The first-order valence-electron chi connectivity index (χ1n) is 9.38. The third-order valence-electron chi connectivity index (χ3n) is 5.34. The number of methoxy groups -OCH3 is 1. The van der Waals surface area contributed by atoms with Crippen molar-refractivity contribution in [3.8, 4) is 5.75 Å². The summed E-state index contributed by atoms with van der Waals surface area (Å²) in [7, 11) is 3.67. The van der Waals surface area contributed by atoms with Crippen molar-refractivity contribution in [2.75, 3.05) is 33.8 Å². The maximum atomic E-state index is 12.7. The highest BCUT2D eigenvalue weighted by Crippen LogP contribution is 2.25. The number of carbonyl (C=O) groups excluding carboxylic acids is 1. The molecule has 2 unspecified atom stereocenters. The normalized spacial score (nSPS) is 17.8. The second-order valence-electron chi connectivity index (χ2n) is 7.02. The van der Waals surface area contributed by atoms with E-state index < -0.39 is 0 Å². The van der Waals surface area contributed by atoms with Gasteiger partial charge in [0.15, 0.2) is 0 Å². The smallest absolute Gasteiger partial charge is 0.237 e. The number of rotatable bonds is 8. The second-order valence-corrected chi connectivity index (χ2v) is 7.02. The summed E-state index contributed by atoms with van der Waals surface area (Å²) in [5.41, 5.74) is 1.01. The topological polar surface area (TPSA) is 53.6 Å². The monoisotopic (exact) mass is 383 g/mol. The van der Waals surface area contributed by atoms with Gasteiger partial charge in [0, 0.05) is 5.56 Å². The van der Waals surface area contributed by atoms with Gasteiger partial charge in [-0.1, -0.05) is 18.2 Å². The maximum Gasteiger partial charge on any atom is 0.237 e. The summed E-state index contributed by atoms with van der Waals surface area (Å²) in [5, 5.41) is 6.37. The lowest BCUT2D eigenvalue weighted by Crippen LogP contribution is -2.48. The molecular weight excluding hydrogens is 350 g/mol. The Bertz CT molecular complexity index is 548. The standard InChI is InChI=1S/C20H33N3O2.ClH/c1-15(18-7-5-6-8-19(18)25-4)22-20(24)16(2)23-13-10-17(11-14-23)9-12-21-3;/h5-8,15-17,21H,9-14H2,1-4H3,(H,22,24);1H. The molecule has 0 aromatic heterocycles. The van der Waals surface area contributed by atoms with Crippen molar-refractivity contribution in [2.45, 2.75) is 45.2 Å². The maximum absolute atomic E-state index is 12.7. The van der Waals surface area contributed by atoms with E-state index in [2.05, 4.69) is 15.5 Å². The Morgan fingerprint density at radius 1 is 1.27 bits per heavy atom. The molecule has 1 fully saturated rings. The lowest BCUT2D eigenvalue weighted by atomic mass is 9.92. The van der Waals surface area contributed by atoms with Crippen molar-refractivity contribution in [2.24, 2.45) is 5.92 Å². The number of piperidine rings is 1. The highest BCUT2D eigenvalue weighted by molar-refractivity contribution is 5.85. The third kappa shape index (κ3) is 6.15. The van der Waals surface area contributed by atoms with Crippen LogP contribution in [-0.4, -0.2) is 50.6 Å². The molecule has 148 valence electrons. The van der Waals surface area contributed by atoms with Crippen LogP contribution in [0.2, 0.25) is 0 Å². The van der Waals surface area contributed by atoms with Gasteiger partial charge in [-0.3, -0.25) is 9.69 Å². The Hall–Kier alpha value is -1.30. The number of benzene rings is 1. The average molecular weight is 384 g/mol. The highest BCUT2D eigenvalue weighted by atomic mass is 35.5. The molecule has 1 amide bonds. The van der Waals surface area contributed by atoms with Crippen molar-refractivity contribution >= 4 is 18.3 Å². The van der Waals surface area contributed by atoms with Gasteiger partial charge < -0.3 is 15.4 Å². The summed E-state index contributed by atoms with van der Waals surface area (Å²) in [6, 6.07) is 7.68. The van der Waals surface area contributed by atoms with Crippen LogP contribution in [0.15, 0.2) is 24.3 Å². The summed E-state index contributed by atoms with van der Waals surface area (Å²) in [5.74, 6) is 1.69. The van der Waals surface area contributed by atoms with Crippen LogP contribution in [-0.2, 0) is 4.79 Å². The number of nitrogens with zero attached hydrogens (tertiary/aromatic N) is 1. The van der Waals surface area contributed by atoms with Gasteiger partial charge in [-0.25, -0.2) is 0 Å². The van der Waals surface area contributed by atoms with E-state index in [1.54, 1.807) is 7.11 Å². The third-order valence-corrected chi connectivity index (χ3v) is 5.34. The molecule has 0 bridgehead atoms. The lowest BCUT2D eigenvalue weighted by molar-refractivity contribution is -0.127. The summed E-state index contributed by atoms with van der Waals surface area (Å²) in [6.45, 7) is 7.11. The molecule has 0 aliphatic carbocycles. The van der Waals surface area contributed by atoms with E-state index in [1.165, 1.54) is 19.3 Å². The van der Waals surface area contributed by atoms with Crippen LogP contribution < -0.4 is 15.4 Å². The number of nitrogens with one attached hydrogen (secondary N) is 2. The molecule has 1 heterocycles. The highest BCUT2D eigenvalue weighted by Gasteiger charge is 2.27. The number of hydrogen-bond acceptors (Lipinski definition) is 4.